The number of aliphatic hydroxyl groups excluding tert-OH is 2. The van der Waals surface area contributed by atoms with Gasteiger partial charge in [0.2, 0.25) is 0 Å². The number of carbonyl (C=O) groups excluding carboxylic acids is 2. The molecule has 2 heterocycles. The number of ketones is 2. The minimum atomic E-state index is -1.85. The molecular weight excluding hydrogens is 560 g/mol. The Balaban J connectivity index is 1.59. The summed E-state index contributed by atoms with van der Waals surface area (Å²) in [6.07, 6.45) is -4.09. The highest BCUT2D eigenvalue weighted by atomic mass is 16.5. The third kappa shape index (κ3) is 4.05. The second-order valence-electron chi connectivity index (χ2n) is 12.5. The Morgan fingerprint density at radius 3 is 1.91 bits per heavy atom. The Morgan fingerprint density at radius 1 is 0.791 bits per heavy atom. The number of hydrogen-bond acceptors (Lipinski definition) is 11. The minimum absolute atomic E-state index is 0.00781. The SMILES string of the molecule is COc1cc2c(c(O)c1-c1c(OC)cc3c(c1O)C(=O)C1C(C)OC(C)CC1(O)C3O)C(=O)C1C(C)OC(C)CC1C2O. The molecule has 0 amide bonds. The van der Waals surface area contributed by atoms with Crippen molar-refractivity contribution in [3.63, 3.8) is 0 Å². The van der Waals surface area contributed by atoms with E-state index >= 15 is 0 Å². The van der Waals surface area contributed by atoms with Crippen LogP contribution < -0.4 is 9.47 Å². The predicted octanol–water partition coefficient (Wildman–Crippen LogP) is 3.22. The molecule has 2 aliphatic carbocycles. The van der Waals surface area contributed by atoms with Crippen LogP contribution in [-0.4, -0.2) is 81.3 Å². The number of rotatable bonds is 3. The van der Waals surface area contributed by atoms with Gasteiger partial charge in [-0.2, -0.15) is 0 Å². The van der Waals surface area contributed by atoms with Gasteiger partial charge in [0.15, 0.2) is 11.6 Å². The fourth-order valence-corrected chi connectivity index (χ4v) is 8.25. The fraction of sp³-hybridized carbons (Fsp3) is 0.562. The average molecular weight is 599 g/mol. The van der Waals surface area contributed by atoms with Crippen LogP contribution in [0.5, 0.6) is 23.0 Å². The Morgan fingerprint density at radius 2 is 1.33 bits per heavy atom. The smallest absolute Gasteiger partial charge is 0.175 e. The van der Waals surface area contributed by atoms with Crippen LogP contribution in [0.15, 0.2) is 12.1 Å². The van der Waals surface area contributed by atoms with Crippen molar-refractivity contribution in [1.82, 2.24) is 0 Å². The molecule has 0 saturated carbocycles. The molecule has 0 spiro atoms. The van der Waals surface area contributed by atoms with Gasteiger partial charge in [-0.05, 0) is 51.8 Å². The van der Waals surface area contributed by atoms with Crippen molar-refractivity contribution in [3.05, 3.63) is 34.4 Å². The summed E-state index contributed by atoms with van der Waals surface area (Å²) in [5.74, 6) is -4.58. The normalized spacial score (nSPS) is 36.7. The number of hydrogen-bond donors (Lipinski definition) is 5. The lowest BCUT2D eigenvalue weighted by Gasteiger charge is -2.50. The Hall–Kier alpha value is -3.22. The number of phenolic OH excluding ortho intramolecular Hbond substituents is 2. The summed E-state index contributed by atoms with van der Waals surface area (Å²) in [5.41, 5.74) is -2.33. The number of Topliss-reactive ketones (excluding diaryl/α,β-unsaturated/α-hetero) is 2. The van der Waals surface area contributed by atoms with E-state index in [1.807, 2.05) is 6.92 Å². The maximum Gasteiger partial charge on any atom is 0.175 e. The van der Waals surface area contributed by atoms with Gasteiger partial charge < -0.3 is 44.5 Å². The number of aromatic hydroxyl groups is 2. The van der Waals surface area contributed by atoms with E-state index < -0.39 is 76.9 Å². The van der Waals surface area contributed by atoms with Gasteiger partial charge in [0.25, 0.3) is 0 Å². The van der Waals surface area contributed by atoms with Gasteiger partial charge in [-0.3, -0.25) is 9.59 Å². The van der Waals surface area contributed by atoms with Crippen LogP contribution in [0.25, 0.3) is 11.1 Å². The highest BCUT2D eigenvalue weighted by molar-refractivity contribution is 6.10. The lowest BCUT2D eigenvalue weighted by Crippen LogP contribution is -2.60. The van der Waals surface area contributed by atoms with E-state index in [4.69, 9.17) is 18.9 Å². The summed E-state index contributed by atoms with van der Waals surface area (Å²) in [6.45, 7) is 7.01. The van der Waals surface area contributed by atoms with Gasteiger partial charge >= 0.3 is 0 Å². The largest absolute Gasteiger partial charge is 0.506 e. The number of benzene rings is 2. The first-order valence-corrected chi connectivity index (χ1v) is 14.6. The molecule has 2 fully saturated rings. The van der Waals surface area contributed by atoms with E-state index in [9.17, 15) is 35.1 Å². The second kappa shape index (κ2) is 10.2. The van der Waals surface area contributed by atoms with Gasteiger partial charge in [0.05, 0.1) is 78.8 Å². The van der Waals surface area contributed by atoms with E-state index in [-0.39, 0.29) is 57.4 Å². The quantitative estimate of drug-likeness (QED) is 0.351. The van der Waals surface area contributed by atoms with Crippen LogP contribution >= 0.6 is 0 Å². The first-order chi connectivity index (χ1) is 20.3. The Bertz CT molecular complexity index is 1520. The molecule has 10 atom stereocenters. The van der Waals surface area contributed by atoms with E-state index in [0.29, 0.717) is 6.42 Å². The molecule has 0 bridgehead atoms. The predicted molar refractivity (Wildman–Crippen MR) is 152 cm³/mol. The molecule has 11 nitrogen and oxygen atoms in total. The van der Waals surface area contributed by atoms with Crippen LogP contribution in [0.4, 0.5) is 0 Å². The number of fused-ring (bicyclic) bond motifs is 4. The lowest BCUT2D eigenvalue weighted by molar-refractivity contribution is -0.206. The highest BCUT2D eigenvalue weighted by Crippen LogP contribution is 2.58. The van der Waals surface area contributed by atoms with Crippen LogP contribution in [0.2, 0.25) is 0 Å². The first kappa shape index (κ1) is 29.8. The maximum absolute atomic E-state index is 14.0. The Kier molecular flexibility index (Phi) is 7.06. The van der Waals surface area contributed by atoms with Crippen LogP contribution in [0, 0.1) is 17.8 Å². The molecule has 2 saturated heterocycles. The second-order valence-corrected chi connectivity index (χ2v) is 12.5. The van der Waals surface area contributed by atoms with Gasteiger partial charge in [-0.15, -0.1) is 0 Å². The summed E-state index contributed by atoms with van der Waals surface area (Å²) in [5, 5.41) is 58.0. The number of aliphatic hydroxyl groups is 3. The fourth-order valence-electron chi connectivity index (χ4n) is 8.25. The van der Waals surface area contributed by atoms with E-state index in [0.717, 1.165) is 0 Å². The topological polar surface area (TPSA) is 172 Å². The third-order valence-electron chi connectivity index (χ3n) is 9.94. The first-order valence-electron chi connectivity index (χ1n) is 14.6. The molecule has 43 heavy (non-hydrogen) atoms. The van der Waals surface area contributed by atoms with Crippen LogP contribution in [0.3, 0.4) is 0 Å². The van der Waals surface area contributed by atoms with Gasteiger partial charge in [-0.25, -0.2) is 0 Å². The molecule has 2 aromatic carbocycles. The molecule has 10 unspecified atom stereocenters. The van der Waals surface area contributed by atoms with Crippen molar-refractivity contribution >= 4 is 11.6 Å². The minimum Gasteiger partial charge on any atom is -0.506 e. The van der Waals surface area contributed by atoms with E-state index in [1.54, 1.807) is 20.8 Å². The summed E-state index contributed by atoms with van der Waals surface area (Å²) in [4.78, 5) is 27.9. The number of ether oxygens (including phenoxy) is 4. The molecule has 6 rings (SSSR count). The van der Waals surface area contributed by atoms with Crippen molar-refractivity contribution in [2.75, 3.05) is 14.2 Å². The Labute approximate surface area is 249 Å². The van der Waals surface area contributed by atoms with E-state index in [2.05, 4.69) is 0 Å². The molecule has 11 heteroatoms. The standard InChI is InChI=1S/C32H38O11/c1-11-7-15-20(13(3)42-11)27(34)21-16(26(15)33)8-18(40-5)23(28(21)35)24-19(41-6)9-17-22(29(24)36)30(37)25-14(4)43-12(2)10-32(25,39)31(17)38/h8-9,11-15,20,25-26,31,33,35-36,38-39H,7,10H2,1-6H3. The maximum atomic E-state index is 14.0. The van der Waals surface area contributed by atoms with Crippen LogP contribution in [0.1, 0.15) is 84.6 Å². The van der Waals surface area contributed by atoms with Crippen molar-refractivity contribution in [2.24, 2.45) is 17.8 Å². The van der Waals surface area contributed by atoms with Gasteiger partial charge in [-0.1, -0.05) is 0 Å². The molecule has 4 aliphatic rings. The summed E-state index contributed by atoms with van der Waals surface area (Å²) >= 11 is 0. The van der Waals surface area contributed by atoms with Crippen molar-refractivity contribution in [1.29, 1.82) is 0 Å². The third-order valence-corrected chi connectivity index (χ3v) is 9.94. The highest BCUT2D eigenvalue weighted by Gasteiger charge is 2.59. The van der Waals surface area contributed by atoms with Gasteiger partial charge in [0, 0.05) is 17.9 Å². The van der Waals surface area contributed by atoms with Crippen molar-refractivity contribution in [3.8, 4) is 34.1 Å². The molecular formula is C32H38O11. The monoisotopic (exact) mass is 598 g/mol. The molecule has 232 valence electrons. The summed E-state index contributed by atoms with van der Waals surface area (Å²) in [6, 6.07) is 2.80. The molecule has 5 N–H and O–H groups in total. The number of phenols is 2. The van der Waals surface area contributed by atoms with E-state index in [1.165, 1.54) is 26.4 Å². The lowest BCUT2D eigenvalue weighted by atomic mass is 9.63. The number of carbonyl (C=O) groups is 2. The summed E-state index contributed by atoms with van der Waals surface area (Å²) in [7, 11) is 2.64. The molecule has 0 aromatic heterocycles. The zero-order valence-electron chi connectivity index (χ0n) is 25.0. The molecule has 2 aromatic rings. The summed E-state index contributed by atoms with van der Waals surface area (Å²) < 4.78 is 22.9. The number of methoxy groups -OCH3 is 2. The molecule has 0 radical (unpaired) electrons. The van der Waals surface area contributed by atoms with Crippen molar-refractivity contribution < 1.29 is 54.1 Å². The van der Waals surface area contributed by atoms with Gasteiger partial charge in [0.1, 0.15) is 34.7 Å². The zero-order chi connectivity index (χ0) is 31.3. The molecule has 2 aliphatic heterocycles. The average Bonchev–Trinajstić information content (AvgIpc) is 2.93. The van der Waals surface area contributed by atoms with Crippen LogP contribution in [-0.2, 0) is 9.47 Å². The zero-order valence-corrected chi connectivity index (χ0v) is 25.0. The van der Waals surface area contributed by atoms with Crippen molar-refractivity contribution in [2.45, 2.75) is 82.8 Å².